The summed E-state index contributed by atoms with van der Waals surface area (Å²) in [5, 5.41) is 0. The molecule has 1 aromatic rings. The first-order valence-corrected chi connectivity index (χ1v) is 7.03. The molecule has 108 valence electrons. The van der Waals surface area contributed by atoms with Crippen LogP contribution in [0, 0.1) is 0 Å². The molecule has 0 saturated carbocycles. The van der Waals surface area contributed by atoms with E-state index in [1.54, 1.807) is 6.08 Å². The summed E-state index contributed by atoms with van der Waals surface area (Å²) in [7, 11) is 0. The van der Waals surface area contributed by atoms with Crippen LogP contribution in [-0.4, -0.2) is 0 Å². The van der Waals surface area contributed by atoms with Gasteiger partial charge in [-0.05, 0) is 44.2 Å². The second-order valence-electron chi connectivity index (χ2n) is 4.37. The van der Waals surface area contributed by atoms with E-state index < -0.39 is 0 Å². The lowest BCUT2D eigenvalue weighted by Crippen LogP contribution is -2.19. The Bertz CT molecular complexity index is 571. The molecule has 0 fully saturated rings. The number of allylic oxidation sites excluding steroid dienone is 8. The molecular weight excluding hydrogens is 254 g/mol. The van der Waals surface area contributed by atoms with Crippen LogP contribution >= 0.6 is 0 Å². The minimum atomic E-state index is 0.894. The van der Waals surface area contributed by atoms with Crippen LogP contribution in [0.2, 0.25) is 0 Å². The molecule has 0 N–H and O–H groups in total. The van der Waals surface area contributed by atoms with Crippen molar-refractivity contribution in [3.05, 3.63) is 103 Å². The van der Waals surface area contributed by atoms with Crippen molar-refractivity contribution >= 4 is 5.69 Å². The number of para-hydroxylation sites is 1. The van der Waals surface area contributed by atoms with Gasteiger partial charge in [-0.3, -0.25) is 0 Å². The van der Waals surface area contributed by atoms with E-state index in [1.165, 1.54) is 0 Å². The summed E-state index contributed by atoms with van der Waals surface area (Å²) >= 11 is 0. The molecule has 0 heterocycles. The van der Waals surface area contributed by atoms with Gasteiger partial charge in [-0.15, -0.1) is 0 Å². The van der Waals surface area contributed by atoms with Gasteiger partial charge in [-0.25, -0.2) is 0 Å². The van der Waals surface area contributed by atoms with Crippen LogP contribution in [0.5, 0.6) is 0 Å². The Balaban J connectivity index is 3.26. The Morgan fingerprint density at radius 2 is 1.71 bits per heavy atom. The highest BCUT2D eigenvalue weighted by Crippen LogP contribution is 2.25. The van der Waals surface area contributed by atoms with E-state index >= 15 is 0 Å². The number of benzene rings is 1. The average molecular weight is 277 g/mol. The molecule has 0 atom stereocenters. The van der Waals surface area contributed by atoms with Gasteiger partial charge in [-0.2, -0.15) is 0 Å². The van der Waals surface area contributed by atoms with Crippen LogP contribution in [0.1, 0.15) is 13.8 Å². The van der Waals surface area contributed by atoms with Gasteiger partial charge in [0.15, 0.2) is 0 Å². The first kappa shape index (κ1) is 16.5. The van der Waals surface area contributed by atoms with E-state index in [0.29, 0.717) is 0 Å². The van der Waals surface area contributed by atoms with Crippen LogP contribution in [-0.2, 0) is 0 Å². The SMILES string of the molecule is C=C/C=C(\C=C/C)N(C(=C)/C=C\C=C/C)c1ccccc1. The molecule has 0 saturated heterocycles. The van der Waals surface area contributed by atoms with Crippen LogP contribution in [0.25, 0.3) is 0 Å². The quantitative estimate of drug-likeness (QED) is 0.570. The third-order valence-corrected chi connectivity index (χ3v) is 2.78. The summed E-state index contributed by atoms with van der Waals surface area (Å²) in [4.78, 5) is 2.10. The zero-order chi connectivity index (χ0) is 15.5. The Hall–Kier alpha value is -2.54. The van der Waals surface area contributed by atoms with Gasteiger partial charge in [-0.1, -0.05) is 61.7 Å². The van der Waals surface area contributed by atoms with Gasteiger partial charge in [0.05, 0.1) is 0 Å². The molecule has 0 amide bonds. The van der Waals surface area contributed by atoms with Gasteiger partial charge in [0.2, 0.25) is 0 Å². The lowest BCUT2D eigenvalue weighted by Gasteiger charge is -2.26. The number of rotatable bonds is 7. The van der Waals surface area contributed by atoms with Crippen molar-refractivity contribution in [3.63, 3.8) is 0 Å². The molecule has 1 heteroatoms. The molecule has 1 rings (SSSR count). The van der Waals surface area contributed by atoms with E-state index in [0.717, 1.165) is 17.1 Å². The van der Waals surface area contributed by atoms with Crippen LogP contribution in [0.15, 0.2) is 103 Å². The van der Waals surface area contributed by atoms with Crippen molar-refractivity contribution in [2.24, 2.45) is 0 Å². The topological polar surface area (TPSA) is 3.24 Å². The number of nitrogens with zero attached hydrogens (tertiary/aromatic N) is 1. The second kappa shape index (κ2) is 9.38. The first-order valence-electron chi connectivity index (χ1n) is 7.03. The monoisotopic (exact) mass is 277 g/mol. The van der Waals surface area contributed by atoms with E-state index in [2.05, 4.69) is 30.2 Å². The maximum Gasteiger partial charge on any atom is 0.0461 e. The molecule has 0 bridgehead atoms. The molecule has 21 heavy (non-hydrogen) atoms. The summed E-state index contributed by atoms with van der Waals surface area (Å²) in [6.07, 6.45) is 15.8. The zero-order valence-electron chi connectivity index (χ0n) is 12.9. The fourth-order valence-electron chi connectivity index (χ4n) is 1.91. The fourth-order valence-corrected chi connectivity index (χ4v) is 1.91. The van der Waals surface area contributed by atoms with Crippen molar-refractivity contribution in [2.75, 3.05) is 4.90 Å². The Labute approximate surface area is 128 Å². The summed E-state index contributed by atoms with van der Waals surface area (Å²) in [5.74, 6) is 0. The predicted molar refractivity (Wildman–Crippen MR) is 95.1 cm³/mol. The highest BCUT2D eigenvalue weighted by molar-refractivity contribution is 5.62. The minimum absolute atomic E-state index is 0.894. The van der Waals surface area contributed by atoms with E-state index in [4.69, 9.17) is 0 Å². The standard InChI is InChI=1S/C20H23N/c1-5-8-10-15-18(4)21(19(13-6-2)14-7-3)20-16-11-9-12-17-20/h5-17H,2,4H2,1,3H3/b8-5-,14-7-,15-10-,19-13+. The number of hydrogen-bond acceptors (Lipinski definition) is 1. The Morgan fingerprint density at radius 1 is 1.00 bits per heavy atom. The fraction of sp³-hybridized carbons (Fsp3) is 0.100. The van der Waals surface area contributed by atoms with Crippen molar-refractivity contribution in [1.82, 2.24) is 0 Å². The molecule has 1 aromatic carbocycles. The molecule has 0 unspecified atom stereocenters. The number of anilines is 1. The maximum absolute atomic E-state index is 4.18. The van der Waals surface area contributed by atoms with Crippen molar-refractivity contribution in [3.8, 4) is 0 Å². The third-order valence-electron chi connectivity index (χ3n) is 2.78. The normalized spacial score (nSPS) is 12.4. The Morgan fingerprint density at radius 3 is 2.29 bits per heavy atom. The van der Waals surface area contributed by atoms with Gasteiger partial charge in [0.1, 0.15) is 0 Å². The van der Waals surface area contributed by atoms with Gasteiger partial charge >= 0.3 is 0 Å². The Kier molecular flexibility index (Phi) is 7.37. The van der Waals surface area contributed by atoms with Crippen molar-refractivity contribution in [2.45, 2.75) is 13.8 Å². The molecule has 0 aliphatic rings. The summed E-state index contributed by atoms with van der Waals surface area (Å²) in [6.45, 7) is 12.0. The first-order chi connectivity index (χ1) is 10.2. The summed E-state index contributed by atoms with van der Waals surface area (Å²) < 4.78 is 0. The van der Waals surface area contributed by atoms with Gasteiger partial charge in [0, 0.05) is 17.1 Å². The average Bonchev–Trinajstić information content (AvgIpc) is 2.49. The van der Waals surface area contributed by atoms with E-state index in [-0.39, 0.29) is 0 Å². The number of hydrogen-bond donors (Lipinski definition) is 0. The molecule has 0 aliphatic heterocycles. The van der Waals surface area contributed by atoms with E-state index in [9.17, 15) is 0 Å². The molecule has 0 aromatic heterocycles. The molecule has 0 spiro atoms. The zero-order valence-corrected chi connectivity index (χ0v) is 12.9. The summed E-state index contributed by atoms with van der Waals surface area (Å²) in [6, 6.07) is 10.2. The maximum atomic E-state index is 4.18. The third kappa shape index (κ3) is 5.15. The highest BCUT2D eigenvalue weighted by atomic mass is 15.1. The predicted octanol–water partition coefficient (Wildman–Crippen LogP) is 5.79. The largest absolute Gasteiger partial charge is 0.311 e. The lowest BCUT2D eigenvalue weighted by atomic mass is 10.2. The van der Waals surface area contributed by atoms with Gasteiger partial charge < -0.3 is 4.90 Å². The minimum Gasteiger partial charge on any atom is -0.311 e. The summed E-state index contributed by atoms with van der Waals surface area (Å²) in [5.41, 5.74) is 2.98. The molecular formula is C20H23N. The van der Waals surface area contributed by atoms with Crippen LogP contribution < -0.4 is 4.90 Å². The molecule has 0 aliphatic carbocycles. The lowest BCUT2D eigenvalue weighted by molar-refractivity contribution is 1.15. The molecule has 1 nitrogen and oxygen atoms in total. The second-order valence-corrected chi connectivity index (χ2v) is 4.37. The van der Waals surface area contributed by atoms with Crippen LogP contribution in [0.4, 0.5) is 5.69 Å². The van der Waals surface area contributed by atoms with Crippen molar-refractivity contribution in [1.29, 1.82) is 0 Å². The highest BCUT2D eigenvalue weighted by Gasteiger charge is 2.10. The van der Waals surface area contributed by atoms with E-state index in [1.807, 2.05) is 74.6 Å². The van der Waals surface area contributed by atoms with Gasteiger partial charge in [0.25, 0.3) is 0 Å². The molecule has 0 radical (unpaired) electrons. The smallest absolute Gasteiger partial charge is 0.0461 e. The van der Waals surface area contributed by atoms with Crippen LogP contribution in [0.3, 0.4) is 0 Å². The van der Waals surface area contributed by atoms with Crippen molar-refractivity contribution < 1.29 is 0 Å².